The Kier molecular flexibility index (Phi) is 6.67. The quantitative estimate of drug-likeness (QED) is 0.308. The average molecular weight is 468 g/mol. The molecule has 2 heterocycles. The highest BCUT2D eigenvalue weighted by Gasteiger charge is 2.17. The minimum atomic E-state index is -0.312. The van der Waals surface area contributed by atoms with E-state index in [-0.39, 0.29) is 5.82 Å². The van der Waals surface area contributed by atoms with E-state index in [1.54, 1.807) is 18.5 Å². The van der Waals surface area contributed by atoms with Crippen molar-refractivity contribution >= 4 is 29.5 Å². The molecule has 0 aliphatic rings. The summed E-state index contributed by atoms with van der Waals surface area (Å²) in [4.78, 5) is 6.23. The fourth-order valence-corrected chi connectivity index (χ4v) is 4.02. The fraction of sp³-hybridized carbons (Fsp3) is 0.208. The molecular weight excluding hydrogens is 445 g/mol. The molecule has 0 fully saturated rings. The van der Waals surface area contributed by atoms with Crippen LogP contribution in [0.15, 0.2) is 67.0 Å². The van der Waals surface area contributed by atoms with E-state index in [1.807, 2.05) is 59.6 Å². The smallest absolute Gasteiger partial charge is 0.202 e. The van der Waals surface area contributed by atoms with Gasteiger partial charge in [0.15, 0.2) is 5.82 Å². The molecule has 0 saturated heterocycles. The van der Waals surface area contributed by atoms with E-state index in [0.29, 0.717) is 27.7 Å². The fourth-order valence-electron chi connectivity index (χ4n) is 3.57. The number of hydrogen-bond acceptors (Lipinski definition) is 4. The Bertz CT molecular complexity index is 1270. The average Bonchev–Trinajstić information content (AvgIpc) is 3.12. The van der Waals surface area contributed by atoms with Crippen molar-refractivity contribution in [3.05, 3.63) is 88.2 Å². The van der Waals surface area contributed by atoms with E-state index < -0.39 is 0 Å². The van der Waals surface area contributed by atoms with Crippen LogP contribution in [0.5, 0.6) is 0 Å². The monoisotopic (exact) mass is 467 g/mol. The van der Waals surface area contributed by atoms with Gasteiger partial charge in [0.1, 0.15) is 5.82 Å². The van der Waals surface area contributed by atoms with E-state index in [2.05, 4.69) is 9.88 Å². The first-order chi connectivity index (χ1) is 15.4. The molecule has 0 spiro atoms. The van der Waals surface area contributed by atoms with Crippen molar-refractivity contribution in [2.45, 2.75) is 19.9 Å². The van der Waals surface area contributed by atoms with Crippen molar-refractivity contribution in [1.82, 2.24) is 19.3 Å². The molecule has 32 heavy (non-hydrogen) atoms. The predicted molar refractivity (Wildman–Crippen MR) is 130 cm³/mol. The summed E-state index contributed by atoms with van der Waals surface area (Å²) in [6.07, 6.45) is 4.40. The number of nitrogens with zero attached hydrogens (tertiary/aromatic N) is 5. The topological polar surface area (TPSA) is 38.9 Å². The number of halogens is 2. The molecule has 0 atom stereocenters. The number of hydrogen-bond donors (Lipinski definition) is 0. The van der Waals surface area contributed by atoms with Crippen molar-refractivity contribution in [3.63, 3.8) is 0 Å². The lowest BCUT2D eigenvalue weighted by Crippen LogP contribution is -2.20. The molecule has 4 aromatic rings. The molecule has 0 aliphatic carbocycles. The van der Waals surface area contributed by atoms with Crippen molar-refractivity contribution in [3.8, 4) is 17.1 Å². The van der Waals surface area contributed by atoms with Crippen LogP contribution < -0.4 is 4.90 Å². The van der Waals surface area contributed by atoms with Crippen molar-refractivity contribution < 1.29 is 4.39 Å². The Morgan fingerprint density at radius 2 is 1.78 bits per heavy atom. The first-order valence-corrected chi connectivity index (χ1v) is 11.1. The number of aromatic nitrogens is 4. The molecule has 0 amide bonds. The van der Waals surface area contributed by atoms with Gasteiger partial charge < -0.3 is 4.90 Å². The molecule has 0 unspecified atom stereocenters. The van der Waals surface area contributed by atoms with E-state index in [1.165, 1.54) is 12.1 Å². The number of benzene rings is 2. The van der Waals surface area contributed by atoms with Crippen LogP contribution in [-0.4, -0.2) is 32.9 Å². The van der Waals surface area contributed by atoms with Crippen LogP contribution in [0.4, 0.5) is 10.1 Å². The normalized spacial score (nSPS) is 11.0. The van der Waals surface area contributed by atoms with E-state index in [9.17, 15) is 4.39 Å². The van der Waals surface area contributed by atoms with Gasteiger partial charge in [-0.05, 0) is 79.7 Å². The minimum Gasteiger partial charge on any atom is -0.374 e. The second-order valence-electron chi connectivity index (χ2n) is 7.58. The van der Waals surface area contributed by atoms with Crippen LogP contribution in [0.25, 0.3) is 17.1 Å². The standard InChI is InChI=1S/C24H23ClFN5S/c1-17-4-7-19(26)16-22(17)23-28-30(15-3-14-29(2)20-10-12-27-13-11-20)24(32)31(23)21-8-5-18(25)6-9-21/h4-13,16H,3,14-15H2,1-2H3. The Morgan fingerprint density at radius 3 is 2.50 bits per heavy atom. The third-order valence-electron chi connectivity index (χ3n) is 5.33. The Labute approximate surface area is 196 Å². The summed E-state index contributed by atoms with van der Waals surface area (Å²) in [6.45, 7) is 3.40. The van der Waals surface area contributed by atoms with Crippen molar-refractivity contribution in [2.75, 3.05) is 18.5 Å². The lowest BCUT2D eigenvalue weighted by Gasteiger charge is -2.18. The second-order valence-corrected chi connectivity index (χ2v) is 8.38. The Hall–Kier alpha value is -3.03. The van der Waals surface area contributed by atoms with Crippen LogP contribution in [0.3, 0.4) is 0 Å². The summed E-state index contributed by atoms with van der Waals surface area (Å²) < 4.78 is 18.3. The Balaban J connectivity index is 1.67. The molecule has 0 saturated carbocycles. The molecule has 5 nitrogen and oxygen atoms in total. The summed E-state index contributed by atoms with van der Waals surface area (Å²) in [6, 6.07) is 16.1. The van der Waals surface area contributed by atoms with Gasteiger partial charge in [0, 0.05) is 48.8 Å². The molecule has 8 heteroatoms. The van der Waals surface area contributed by atoms with E-state index in [4.69, 9.17) is 28.9 Å². The van der Waals surface area contributed by atoms with Gasteiger partial charge in [0.25, 0.3) is 0 Å². The van der Waals surface area contributed by atoms with Gasteiger partial charge in [0.2, 0.25) is 4.77 Å². The maximum atomic E-state index is 14.1. The maximum absolute atomic E-state index is 14.1. The largest absolute Gasteiger partial charge is 0.374 e. The van der Waals surface area contributed by atoms with Gasteiger partial charge in [-0.15, -0.1) is 0 Å². The molecule has 4 rings (SSSR count). The molecule has 0 aliphatic heterocycles. The van der Waals surface area contributed by atoms with Crippen molar-refractivity contribution in [1.29, 1.82) is 0 Å². The number of aryl methyl sites for hydroxylation is 2. The summed E-state index contributed by atoms with van der Waals surface area (Å²) in [5, 5.41) is 5.43. The molecule has 0 bridgehead atoms. The Morgan fingerprint density at radius 1 is 1.06 bits per heavy atom. The summed E-state index contributed by atoms with van der Waals surface area (Å²) in [5.74, 6) is 0.296. The summed E-state index contributed by atoms with van der Waals surface area (Å²) in [5.41, 5.74) is 3.56. The lowest BCUT2D eigenvalue weighted by molar-refractivity contribution is 0.569. The van der Waals surface area contributed by atoms with E-state index in [0.717, 1.165) is 29.9 Å². The second kappa shape index (κ2) is 9.63. The zero-order chi connectivity index (χ0) is 22.7. The van der Waals surface area contributed by atoms with Gasteiger partial charge in [0.05, 0.1) is 5.69 Å². The predicted octanol–water partition coefficient (Wildman–Crippen LogP) is 6.09. The van der Waals surface area contributed by atoms with Crippen LogP contribution in [-0.2, 0) is 6.54 Å². The summed E-state index contributed by atoms with van der Waals surface area (Å²) >= 11 is 11.9. The first-order valence-electron chi connectivity index (χ1n) is 10.3. The number of anilines is 1. The highest BCUT2D eigenvalue weighted by Crippen LogP contribution is 2.27. The van der Waals surface area contributed by atoms with Crippen LogP contribution in [0.2, 0.25) is 5.02 Å². The molecule has 164 valence electrons. The SMILES string of the molecule is Cc1ccc(F)cc1-c1nn(CCCN(C)c2ccncc2)c(=S)n1-c1ccc(Cl)cc1. The van der Waals surface area contributed by atoms with Crippen molar-refractivity contribution in [2.24, 2.45) is 0 Å². The molecule has 0 N–H and O–H groups in total. The third-order valence-corrected chi connectivity index (χ3v) is 5.98. The van der Waals surface area contributed by atoms with Gasteiger partial charge in [-0.2, -0.15) is 5.10 Å². The van der Waals surface area contributed by atoms with Crippen LogP contribution in [0, 0.1) is 17.5 Å². The van der Waals surface area contributed by atoms with Gasteiger partial charge in [-0.1, -0.05) is 17.7 Å². The lowest BCUT2D eigenvalue weighted by atomic mass is 10.1. The van der Waals surface area contributed by atoms with E-state index >= 15 is 0 Å². The van der Waals surface area contributed by atoms with Crippen LogP contribution >= 0.6 is 23.8 Å². The molecule has 2 aromatic heterocycles. The van der Waals surface area contributed by atoms with Gasteiger partial charge >= 0.3 is 0 Å². The van der Waals surface area contributed by atoms with Gasteiger partial charge in [-0.3, -0.25) is 9.55 Å². The highest BCUT2D eigenvalue weighted by molar-refractivity contribution is 7.71. The molecule has 0 radical (unpaired) electrons. The zero-order valence-corrected chi connectivity index (χ0v) is 19.4. The zero-order valence-electron chi connectivity index (χ0n) is 17.9. The van der Waals surface area contributed by atoms with Gasteiger partial charge in [-0.25, -0.2) is 9.07 Å². The first kappa shape index (κ1) is 22.2. The van der Waals surface area contributed by atoms with Crippen LogP contribution in [0.1, 0.15) is 12.0 Å². The molecule has 2 aromatic carbocycles. The minimum absolute atomic E-state index is 0.312. The highest BCUT2D eigenvalue weighted by atomic mass is 35.5. The maximum Gasteiger partial charge on any atom is 0.202 e. The summed E-state index contributed by atoms with van der Waals surface area (Å²) in [7, 11) is 2.04. The number of pyridine rings is 1. The number of rotatable bonds is 7. The third kappa shape index (κ3) is 4.74. The molecular formula is C24H23ClFN5S.